The summed E-state index contributed by atoms with van der Waals surface area (Å²) in [5, 5.41) is 5.77. The van der Waals surface area contributed by atoms with Crippen LogP contribution in [-0.2, 0) is 13.0 Å². The van der Waals surface area contributed by atoms with E-state index in [9.17, 15) is 0 Å². The molecule has 2 aromatic rings. The van der Waals surface area contributed by atoms with Crippen LogP contribution >= 0.6 is 11.3 Å². The van der Waals surface area contributed by atoms with Gasteiger partial charge in [0.15, 0.2) is 0 Å². The molecule has 1 atom stereocenters. The third-order valence-corrected chi connectivity index (χ3v) is 4.31. The number of hydrogen-bond donors (Lipinski definition) is 1. The van der Waals surface area contributed by atoms with E-state index in [4.69, 9.17) is 0 Å². The molecule has 0 spiro atoms. The summed E-state index contributed by atoms with van der Waals surface area (Å²) in [6, 6.07) is 13.5. The second-order valence-electron chi connectivity index (χ2n) is 4.83. The summed E-state index contributed by atoms with van der Waals surface area (Å²) in [6.45, 7) is 5.45. The normalized spacial score (nSPS) is 12.6. The number of aryl methyl sites for hydroxylation is 2. The molecular weight excluding hydrogens is 238 g/mol. The lowest BCUT2D eigenvalue weighted by Gasteiger charge is -2.13. The molecule has 2 rings (SSSR count). The van der Waals surface area contributed by atoms with Gasteiger partial charge in [-0.15, -0.1) is 11.3 Å². The van der Waals surface area contributed by atoms with Gasteiger partial charge in [0.05, 0.1) is 0 Å². The van der Waals surface area contributed by atoms with Gasteiger partial charge in [-0.1, -0.05) is 30.3 Å². The monoisotopic (exact) mass is 259 g/mol. The number of benzene rings is 1. The number of hydrogen-bond acceptors (Lipinski definition) is 2. The van der Waals surface area contributed by atoms with Gasteiger partial charge in [0.25, 0.3) is 0 Å². The Balaban J connectivity index is 1.73. The first-order chi connectivity index (χ1) is 8.75. The minimum Gasteiger partial charge on any atom is -0.309 e. The Labute approximate surface area is 114 Å². The van der Waals surface area contributed by atoms with Crippen molar-refractivity contribution in [3.8, 4) is 0 Å². The van der Waals surface area contributed by atoms with Crippen molar-refractivity contribution in [2.24, 2.45) is 0 Å². The Kier molecular flexibility index (Phi) is 4.97. The van der Waals surface area contributed by atoms with Gasteiger partial charge in [0.2, 0.25) is 0 Å². The van der Waals surface area contributed by atoms with Crippen molar-refractivity contribution in [3.05, 3.63) is 57.8 Å². The summed E-state index contributed by atoms with van der Waals surface area (Å²) in [6.07, 6.45) is 2.34. The van der Waals surface area contributed by atoms with Crippen LogP contribution in [-0.4, -0.2) is 6.04 Å². The van der Waals surface area contributed by atoms with Crippen molar-refractivity contribution in [1.82, 2.24) is 5.32 Å². The molecule has 0 aliphatic carbocycles. The fraction of sp³-hybridized carbons (Fsp3) is 0.375. The van der Waals surface area contributed by atoms with Gasteiger partial charge in [-0.2, -0.15) is 0 Å². The average molecular weight is 259 g/mol. The Hall–Kier alpha value is -1.12. The number of thiophene rings is 1. The van der Waals surface area contributed by atoms with E-state index >= 15 is 0 Å². The highest BCUT2D eigenvalue weighted by Gasteiger charge is 2.04. The molecule has 1 aromatic heterocycles. The maximum Gasteiger partial charge on any atom is 0.0304 e. The quantitative estimate of drug-likeness (QED) is 0.821. The first-order valence-corrected chi connectivity index (χ1v) is 7.44. The zero-order chi connectivity index (χ0) is 12.8. The zero-order valence-electron chi connectivity index (χ0n) is 11.1. The Morgan fingerprint density at radius 3 is 2.61 bits per heavy atom. The molecule has 0 aliphatic heterocycles. The van der Waals surface area contributed by atoms with Gasteiger partial charge in [0.1, 0.15) is 0 Å². The Bertz CT molecular complexity index is 461. The molecule has 0 fully saturated rings. The summed E-state index contributed by atoms with van der Waals surface area (Å²) in [4.78, 5) is 1.46. The van der Waals surface area contributed by atoms with E-state index in [1.165, 1.54) is 22.4 Å². The van der Waals surface area contributed by atoms with Gasteiger partial charge in [-0.25, -0.2) is 0 Å². The van der Waals surface area contributed by atoms with Gasteiger partial charge >= 0.3 is 0 Å². The van der Waals surface area contributed by atoms with Gasteiger partial charge < -0.3 is 5.32 Å². The molecule has 0 amide bonds. The highest BCUT2D eigenvalue weighted by molar-refractivity contribution is 7.10. The SMILES string of the molecule is Cc1ccsc1CN[C@H](C)CCc1ccccc1. The van der Waals surface area contributed by atoms with Crippen molar-refractivity contribution in [2.75, 3.05) is 0 Å². The van der Waals surface area contributed by atoms with Crippen LogP contribution in [0.25, 0.3) is 0 Å². The van der Waals surface area contributed by atoms with Crippen LogP contribution in [0.5, 0.6) is 0 Å². The van der Waals surface area contributed by atoms with E-state index in [1.54, 1.807) is 0 Å². The highest BCUT2D eigenvalue weighted by atomic mass is 32.1. The molecule has 96 valence electrons. The lowest BCUT2D eigenvalue weighted by atomic mass is 10.1. The molecule has 1 N–H and O–H groups in total. The molecule has 1 aromatic carbocycles. The number of nitrogens with one attached hydrogen (secondary N) is 1. The minimum atomic E-state index is 0.562. The molecule has 0 saturated heterocycles. The summed E-state index contributed by atoms with van der Waals surface area (Å²) in [5.74, 6) is 0. The molecular formula is C16H21NS. The lowest BCUT2D eigenvalue weighted by molar-refractivity contribution is 0.516. The fourth-order valence-electron chi connectivity index (χ4n) is 1.98. The lowest BCUT2D eigenvalue weighted by Crippen LogP contribution is -2.25. The van der Waals surface area contributed by atoms with E-state index in [0.29, 0.717) is 6.04 Å². The van der Waals surface area contributed by atoms with E-state index in [2.05, 4.69) is 60.9 Å². The van der Waals surface area contributed by atoms with Crippen LogP contribution < -0.4 is 5.32 Å². The summed E-state index contributed by atoms with van der Waals surface area (Å²) < 4.78 is 0. The second-order valence-corrected chi connectivity index (χ2v) is 5.83. The maximum absolute atomic E-state index is 3.61. The minimum absolute atomic E-state index is 0.562. The van der Waals surface area contributed by atoms with Crippen molar-refractivity contribution in [2.45, 2.75) is 39.3 Å². The Morgan fingerprint density at radius 1 is 1.17 bits per heavy atom. The molecule has 0 unspecified atom stereocenters. The average Bonchev–Trinajstić information content (AvgIpc) is 2.81. The fourth-order valence-corrected chi connectivity index (χ4v) is 2.84. The van der Waals surface area contributed by atoms with Crippen molar-refractivity contribution in [3.63, 3.8) is 0 Å². The van der Waals surface area contributed by atoms with Crippen LogP contribution in [0, 0.1) is 6.92 Å². The second kappa shape index (κ2) is 6.72. The third kappa shape index (κ3) is 3.97. The molecule has 0 bridgehead atoms. The molecule has 2 heteroatoms. The van der Waals surface area contributed by atoms with Crippen molar-refractivity contribution in [1.29, 1.82) is 0 Å². The summed E-state index contributed by atoms with van der Waals surface area (Å²) in [7, 11) is 0. The molecule has 1 nitrogen and oxygen atoms in total. The number of rotatable bonds is 6. The molecule has 18 heavy (non-hydrogen) atoms. The molecule has 0 radical (unpaired) electrons. The van der Waals surface area contributed by atoms with Crippen molar-refractivity contribution < 1.29 is 0 Å². The zero-order valence-corrected chi connectivity index (χ0v) is 12.0. The van der Waals surface area contributed by atoms with E-state index in [0.717, 1.165) is 13.0 Å². The first kappa shape index (κ1) is 13.3. The smallest absolute Gasteiger partial charge is 0.0304 e. The Morgan fingerprint density at radius 2 is 1.94 bits per heavy atom. The van der Waals surface area contributed by atoms with Gasteiger partial charge in [0, 0.05) is 17.5 Å². The van der Waals surface area contributed by atoms with Crippen LogP contribution in [0.4, 0.5) is 0 Å². The van der Waals surface area contributed by atoms with Crippen LogP contribution in [0.3, 0.4) is 0 Å². The van der Waals surface area contributed by atoms with E-state index in [1.807, 2.05) is 11.3 Å². The highest BCUT2D eigenvalue weighted by Crippen LogP contribution is 2.15. The third-order valence-electron chi connectivity index (χ3n) is 3.29. The first-order valence-electron chi connectivity index (χ1n) is 6.56. The van der Waals surface area contributed by atoms with Gasteiger partial charge in [-0.3, -0.25) is 0 Å². The van der Waals surface area contributed by atoms with Crippen molar-refractivity contribution >= 4 is 11.3 Å². The van der Waals surface area contributed by atoms with E-state index in [-0.39, 0.29) is 0 Å². The topological polar surface area (TPSA) is 12.0 Å². The molecule has 1 heterocycles. The van der Waals surface area contributed by atoms with Crippen LogP contribution in [0.15, 0.2) is 41.8 Å². The maximum atomic E-state index is 3.61. The standard InChI is InChI=1S/C16H21NS/c1-13-10-11-18-16(13)12-17-14(2)8-9-15-6-4-3-5-7-15/h3-7,10-11,14,17H,8-9,12H2,1-2H3/t14-/m1/s1. The predicted molar refractivity (Wildman–Crippen MR) is 80.1 cm³/mol. The molecule has 0 saturated carbocycles. The molecule has 0 aliphatic rings. The van der Waals surface area contributed by atoms with Gasteiger partial charge in [-0.05, 0) is 49.3 Å². The summed E-state index contributed by atoms with van der Waals surface area (Å²) in [5.41, 5.74) is 2.83. The largest absolute Gasteiger partial charge is 0.309 e. The van der Waals surface area contributed by atoms with Crippen LogP contribution in [0.2, 0.25) is 0 Å². The predicted octanol–water partition coefficient (Wildman–Crippen LogP) is 4.17. The van der Waals surface area contributed by atoms with Crippen LogP contribution in [0.1, 0.15) is 29.3 Å². The summed E-state index contributed by atoms with van der Waals surface area (Å²) >= 11 is 1.84. The van der Waals surface area contributed by atoms with E-state index < -0.39 is 0 Å².